The molecule has 0 aliphatic carbocycles. The van der Waals surface area contributed by atoms with E-state index in [1.807, 2.05) is 6.07 Å². The van der Waals surface area contributed by atoms with E-state index in [2.05, 4.69) is 10.1 Å². The first-order valence-electron chi connectivity index (χ1n) is 3.97. The van der Waals surface area contributed by atoms with Gasteiger partial charge in [-0.25, -0.2) is 4.52 Å². The summed E-state index contributed by atoms with van der Waals surface area (Å²) in [7, 11) is 0. The number of hydrogen-bond donors (Lipinski definition) is 2. The van der Waals surface area contributed by atoms with E-state index < -0.39 is 6.10 Å². The van der Waals surface area contributed by atoms with Gasteiger partial charge in [-0.15, -0.1) is 5.10 Å². The summed E-state index contributed by atoms with van der Waals surface area (Å²) < 4.78 is 1.54. The number of aliphatic hydroxyl groups excluding tert-OH is 1. The quantitative estimate of drug-likeness (QED) is 0.661. The Morgan fingerprint density at radius 2 is 2.31 bits per heavy atom. The van der Waals surface area contributed by atoms with Gasteiger partial charge in [0.2, 0.25) is 5.95 Å². The van der Waals surface area contributed by atoms with Gasteiger partial charge in [-0.2, -0.15) is 4.98 Å². The maximum Gasteiger partial charge on any atom is 0.240 e. The maximum atomic E-state index is 9.40. The number of rotatable bonds is 1. The Morgan fingerprint density at radius 1 is 1.54 bits per heavy atom. The average molecular weight is 178 g/mol. The minimum Gasteiger partial charge on any atom is -0.387 e. The van der Waals surface area contributed by atoms with Crippen molar-refractivity contribution in [2.75, 3.05) is 5.73 Å². The molecule has 2 heterocycles. The molecule has 5 heteroatoms. The van der Waals surface area contributed by atoms with Gasteiger partial charge < -0.3 is 10.8 Å². The SMILES string of the molecule is CC(O)c1cccc2nc(N)nn12. The van der Waals surface area contributed by atoms with Crippen LogP contribution >= 0.6 is 0 Å². The van der Waals surface area contributed by atoms with Crippen LogP contribution in [-0.2, 0) is 0 Å². The molecule has 13 heavy (non-hydrogen) atoms. The number of fused-ring (bicyclic) bond motifs is 1. The van der Waals surface area contributed by atoms with Gasteiger partial charge in [0.15, 0.2) is 5.65 Å². The monoisotopic (exact) mass is 178 g/mol. The molecule has 0 saturated carbocycles. The number of aromatic nitrogens is 3. The fourth-order valence-corrected chi connectivity index (χ4v) is 1.26. The summed E-state index contributed by atoms with van der Waals surface area (Å²) in [5.74, 6) is 0.216. The number of aliphatic hydroxyl groups is 1. The highest BCUT2D eigenvalue weighted by Gasteiger charge is 2.08. The van der Waals surface area contributed by atoms with Crippen molar-refractivity contribution < 1.29 is 5.11 Å². The second kappa shape index (κ2) is 2.70. The fourth-order valence-electron chi connectivity index (χ4n) is 1.26. The van der Waals surface area contributed by atoms with Crippen LogP contribution in [-0.4, -0.2) is 19.7 Å². The van der Waals surface area contributed by atoms with Crippen LogP contribution in [0.4, 0.5) is 5.95 Å². The van der Waals surface area contributed by atoms with Gasteiger partial charge in [-0.3, -0.25) is 0 Å². The second-order valence-corrected chi connectivity index (χ2v) is 2.87. The number of nitrogens with two attached hydrogens (primary N) is 1. The van der Waals surface area contributed by atoms with Crippen molar-refractivity contribution in [1.29, 1.82) is 0 Å². The third-order valence-corrected chi connectivity index (χ3v) is 1.83. The van der Waals surface area contributed by atoms with Crippen LogP contribution in [0, 0.1) is 0 Å². The molecule has 0 amide bonds. The standard InChI is InChI=1S/C8H10N4O/c1-5(13)6-3-2-4-7-10-8(9)11-12(6)7/h2-5,13H,1H3,(H2,9,11). The summed E-state index contributed by atoms with van der Waals surface area (Å²) in [4.78, 5) is 3.97. The van der Waals surface area contributed by atoms with E-state index >= 15 is 0 Å². The van der Waals surface area contributed by atoms with E-state index in [4.69, 9.17) is 5.73 Å². The zero-order valence-electron chi connectivity index (χ0n) is 7.18. The molecule has 0 bridgehead atoms. The molecular weight excluding hydrogens is 168 g/mol. The minimum atomic E-state index is -0.579. The van der Waals surface area contributed by atoms with Crippen molar-refractivity contribution in [1.82, 2.24) is 14.6 Å². The van der Waals surface area contributed by atoms with Crippen molar-refractivity contribution >= 4 is 11.6 Å². The van der Waals surface area contributed by atoms with Gasteiger partial charge >= 0.3 is 0 Å². The molecular formula is C8H10N4O. The van der Waals surface area contributed by atoms with Crippen molar-refractivity contribution in [2.24, 2.45) is 0 Å². The van der Waals surface area contributed by atoms with E-state index in [1.165, 1.54) is 0 Å². The molecule has 0 saturated heterocycles. The molecule has 68 valence electrons. The minimum absolute atomic E-state index is 0.216. The lowest BCUT2D eigenvalue weighted by atomic mass is 10.2. The number of pyridine rings is 1. The molecule has 2 rings (SSSR count). The number of nitrogens with zero attached hydrogens (tertiary/aromatic N) is 3. The second-order valence-electron chi connectivity index (χ2n) is 2.87. The van der Waals surface area contributed by atoms with E-state index in [1.54, 1.807) is 23.6 Å². The Bertz CT molecular complexity index is 435. The van der Waals surface area contributed by atoms with E-state index in [0.717, 1.165) is 0 Å². The molecule has 2 aromatic rings. The molecule has 0 aromatic carbocycles. The van der Waals surface area contributed by atoms with Crippen LogP contribution in [0.2, 0.25) is 0 Å². The molecule has 0 aliphatic heterocycles. The van der Waals surface area contributed by atoms with Crippen LogP contribution in [0.15, 0.2) is 18.2 Å². The highest BCUT2D eigenvalue weighted by atomic mass is 16.3. The van der Waals surface area contributed by atoms with Gasteiger partial charge in [0.05, 0.1) is 11.8 Å². The highest BCUT2D eigenvalue weighted by molar-refractivity contribution is 5.43. The summed E-state index contributed by atoms with van der Waals surface area (Å²) in [5.41, 5.74) is 6.77. The average Bonchev–Trinajstić information content (AvgIpc) is 2.43. The highest BCUT2D eigenvalue weighted by Crippen LogP contribution is 2.13. The molecule has 1 atom stereocenters. The third-order valence-electron chi connectivity index (χ3n) is 1.83. The first kappa shape index (κ1) is 8.00. The summed E-state index contributed by atoms with van der Waals surface area (Å²) in [6.45, 7) is 1.67. The maximum absolute atomic E-state index is 9.40. The molecule has 0 spiro atoms. The molecule has 0 fully saturated rings. The Morgan fingerprint density at radius 3 is 3.00 bits per heavy atom. The van der Waals surface area contributed by atoms with Gasteiger partial charge in [-0.1, -0.05) is 6.07 Å². The Hall–Kier alpha value is -1.62. The summed E-state index contributed by atoms with van der Waals surface area (Å²) >= 11 is 0. The van der Waals surface area contributed by atoms with Crippen LogP contribution in [0.1, 0.15) is 18.7 Å². The molecule has 0 aliphatic rings. The molecule has 1 unspecified atom stereocenters. The largest absolute Gasteiger partial charge is 0.387 e. The lowest BCUT2D eigenvalue weighted by Crippen LogP contribution is -2.02. The van der Waals surface area contributed by atoms with Crippen LogP contribution in [0.5, 0.6) is 0 Å². The van der Waals surface area contributed by atoms with Crippen molar-refractivity contribution in [2.45, 2.75) is 13.0 Å². The van der Waals surface area contributed by atoms with Gasteiger partial charge in [0.1, 0.15) is 0 Å². The van der Waals surface area contributed by atoms with Crippen LogP contribution in [0.3, 0.4) is 0 Å². The summed E-state index contributed by atoms with van der Waals surface area (Å²) in [6.07, 6.45) is -0.579. The predicted molar refractivity (Wildman–Crippen MR) is 48.0 cm³/mol. The number of nitrogen functional groups attached to an aromatic ring is 1. The molecule has 5 nitrogen and oxygen atoms in total. The van der Waals surface area contributed by atoms with Gasteiger partial charge in [-0.05, 0) is 19.1 Å². The van der Waals surface area contributed by atoms with Crippen molar-refractivity contribution in [3.05, 3.63) is 23.9 Å². The predicted octanol–water partition coefficient (Wildman–Crippen LogP) is 0.365. The first-order valence-corrected chi connectivity index (χ1v) is 3.97. The van der Waals surface area contributed by atoms with E-state index in [9.17, 15) is 5.11 Å². The number of hydrogen-bond acceptors (Lipinski definition) is 4. The summed E-state index contributed by atoms with van der Waals surface area (Å²) in [5, 5.41) is 13.4. The lowest BCUT2D eigenvalue weighted by Gasteiger charge is -2.05. The molecule has 3 N–H and O–H groups in total. The smallest absolute Gasteiger partial charge is 0.240 e. The van der Waals surface area contributed by atoms with Crippen molar-refractivity contribution in [3.8, 4) is 0 Å². The third kappa shape index (κ3) is 1.23. The van der Waals surface area contributed by atoms with E-state index in [0.29, 0.717) is 11.3 Å². The zero-order chi connectivity index (χ0) is 9.42. The number of anilines is 1. The Kier molecular flexibility index (Phi) is 1.66. The van der Waals surface area contributed by atoms with E-state index in [-0.39, 0.29) is 5.95 Å². The van der Waals surface area contributed by atoms with Gasteiger partial charge in [0, 0.05) is 0 Å². The summed E-state index contributed by atoms with van der Waals surface area (Å²) in [6, 6.07) is 5.38. The topological polar surface area (TPSA) is 76.4 Å². The lowest BCUT2D eigenvalue weighted by molar-refractivity contribution is 0.191. The Labute approximate surface area is 74.8 Å². The normalized spacial score (nSPS) is 13.4. The van der Waals surface area contributed by atoms with Crippen LogP contribution in [0.25, 0.3) is 5.65 Å². The molecule has 2 aromatic heterocycles. The first-order chi connectivity index (χ1) is 6.18. The molecule has 0 radical (unpaired) electrons. The Balaban J connectivity index is 2.75. The fraction of sp³-hybridized carbons (Fsp3) is 0.250. The van der Waals surface area contributed by atoms with Crippen LogP contribution < -0.4 is 5.73 Å². The van der Waals surface area contributed by atoms with Crippen molar-refractivity contribution in [3.63, 3.8) is 0 Å². The van der Waals surface area contributed by atoms with Gasteiger partial charge in [0.25, 0.3) is 0 Å². The zero-order valence-corrected chi connectivity index (χ0v) is 7.18.